The molecule has 1 aromatic heterocycles. The number of amides is 1. The van der Waals surface area contributed by atoms with E-state index in [1.54, 1.807) is 16.2 Å². The van der Waals surface area contributed by atoms with Gasteiger partial charge in [0.15, 0.2) is 0 Å². The van der Waals surface area contributed by atoms with Gasteiger partial charge in [-0.2, -0.15) is 0 Å². The number of nitrogens with zero attached hydrogens (tertiary/aromatic N) is 2. The van der Waals surface area contributed by atoms with Crippen LogP contribution >= 0.6 is 11.3 Å². The molecule has 8 nitrogen and oxygen atoms in total. The van der Waals surface area contributed by atoms with Crippen molar-refractivity contribution in [3.05, 3.63) is 17.5 Å². The van der Waals surface area contributed by atoms with E-state index in [9.17, 15) is 4.79 Å². The van der Waals surface area contributed by atoms with Gasteiger partial charge in [-0.05, 0) is 45.5 Å². The van der Waals surface area contributed by atoms with Gasteiger partial charge in [-0.25, -0.2) is 14.4 Å². The van der Waals surface area contributed by atoms with Crippen LogP contribution in [0.1, 0.15) is 13.8 Å². The van der Waals surface area contributed by atoms with Crippen LogP contribution in [0.3, 0.4) is 0 Å². The molecule has 1 heterocycles. The van der Waals surface area contributed by atoms with Crippen LogP contribution in [0.5, 0.6) is 0 Å². The van der Waals surface area contributed by atoms with Crippen molar-refractivity contribution >= 4 is 34.4 Å². The van der Waals surface area contributed by atoms with Crippen LogP contribution in [0.25, 0.3) is 0 Å². The third kappa shape index (κ3) is 8.17. The van der Waals surface area contributed by atoms with Gasteiger partial charge in [0.1, 0.15) is 5.00 Å². The number of hydrogen-bond acceptors (Lipinski definition) is 6. The number of hydrogen-bond donors (Lipinski definition) is 2. The van der Waals surface area contributed by atoms with Gasteiger partial charge < -0.3 is 19.8 Å². The Hall–Kier alpha value is -2.13. The van der Waals surface area contributed by atoms with E-state index in [4.69, 9.17) is 24.5 Å². The molecule has 0 saturated carbocycles. The molecule has 1 rings (SSSR count). The Morgan fingerprint density at radius 2 is 1.83 bits per heavy atom. The van der Waals surface area contributed by atoms with Crippen LogP contribution in [0.4, 0.5) is 9.80 Å². The van der Waals surface area contributed by atoms with Gasteiger partial charge in [-0.1, -0.05) is 0 Å². The maximum Gasteiger partial charge on any atom is 0.414 e. The van der Waals surface area contributed by atoms with E-state index in [0.29, 0.717) is 13.2 Å². The molecule has 0 spiro atoms. The number of carbonyl (C=O) groups is 3. The zero-order valence-electron chi connectivity index (χ0n) is 13.6. The quantitative estimate of drug-likeness (QED) is 0.783. The molecule has 0 saturated heterocycles. The maximum atomic E-state index is 11.9. The summed E-state index contributed by atoms with van der Waals surface area (Å²) in [6.07, 6.45) is -0.274. The second-order valence-electron chi connectivity index (χ2n) is 4.68. The summed E-state index contributed by atoms with van der Waals surface area (Å²) in [7, 11) is 4.00. The summed E-state index contributed by atoms with van der Waals surface area (Å²) in [5.41, 5.74) is 0. The molecule has 0 aromatic carbocycles. The normalized spacial score (nSPS) is 11.2. The van der Waals surface area contributed by atoms with Crippen LogP contribution in [-0.4, -0.2) is 66.4 Å². The summed E-state index contributed by atoms with van der Waals surface area (Å²) < 4.78 is 5.08. The lowest BCUT2D eigenvalue weighted by Crippen LogP contribution is -2.41. The Labute approximate surface area is 138 Å². The van der Waals surface area contributed by atoms with Crippen molar-refractivity contribution in [1.29, 1.82) is 0 Å². The first-order valence-electron chi connectivity index (χ1n) is 6.81. The highest BCUT2D eigenvalue weighted by molar-refractivity contribution is 7.14. The first-order chi connectivity index (χ1) is 10.7. The molecular formula is C14H22N2O6S. The molecule has 1 aromatic rings. The van der Waals surface area contributed by atoms with E-state index in [1.807, 2.05) is 38.5 Å². The summed E-state index contributed by atoms with van der Waals surface area (Å²) in [5.74, 6) is -3.65. The molecule has 0 aliphatic rings. The fourth-order valence-electron chi connectivity index (χ4n) is 1.31. The Morgan fingerprint density at radius 3 is 2.17 bits per heavy atom. The summed E-state index contributed by atoms with van der Waals surface area (Å²) in [4.78, 5) is 33.9. The summed E-state index contributed by atoms with van der Waals surface area (Å²) in [5, 5.41) is 17.7. The highest BCUT2D eigenvalue weighted by Crippen LogP contribution is 2.22. The van der Waals surface area contributed by atoms with Gasteiger partial charge in [-0.15, -0.1) is 11.3 Å². The number of ether oxygens (including phenoxy) is 1. The molecule has 9 heteroatoms. The van der Waals surface area contributed by atoms with Crippen LogP contribution in [-0.2, 0) is 14.3 Å². The summed E-state index contributed by atoms with van der Waals surface area (Å²) in [6, 6.07) is 4.15. The highest BCUT2D eigenvalue weighted by atomic mass is 32.1. The smallest absolute Gasteiger partial charge is 0.414 e. The van der Waals surface area contributed by atoms with Gasteiger partial charge in [0.05, 0.1) is 6.61 Å². The van der Waals surface area contributed by atoms with Crippen LogP contribution in [0.15, 0.2) is 17.5 Å². The Morgan fingerprint density at radius 1 is 1.26 bits per heavy atom. The molecule has 0 aliphatic heterocycles. The van der Waals surface area contributed by atoms with Gasteiger partial charge in [0.25, 0.3) is 0 Å². The molecule has 0 fully saturated rings. The van der Waals surface area contributed by atoms with E-state index in [2.05, 4.69) is 11.8 Å². The van der Waals surface area contributed by atoms with Crippen molar-refractivity contribution in [2.45, 2.75) is 19.9 Å². The Balaban J connectivity index is 0.000000688. The van der Waals surface area contributed by atoms with Gasteiger partial charge >= 0.3 is 18.0 Å². The van der Waals surface area contributed by atoms with E-state index < -0.39 is 11.9 Å². The maximum absolute atomic E-state index is 11.9. The number of aliphatic carboxylic acids is 2. The molecule has 0 bridgehead atoms. The molecule has 23 heavy (non-hydrogen) atoms. The fourth-order valence-corrected chi connectivity index (χ4v) is 2.04. The lowest BCUT2D eigenvalue weighted by atomic mass is 10.3. The van der Waals surface area contributed by atoms with E-state index in [0.717, 1.165) is 5.00 Å². The van der Waals surface area contributed by atoms with Crippen molar-refractivity contribution in [2.24, 2.45) is 0 Å². The van der Waals surface area contributed by atoms with Crippen LogP contribution < -0.4 is 4.90 Å². The molecule has 1 atom stereocenters. The number of thiophene rings is 1. The average Bonchev–Trinajstić information content (AvgIpc) is 2.98. The molecule has 0 radical (unpaired) electrons. The SMILES string of the molecule is CCOC(=O)N(CC(C)N(C)C)c1cccs1.O=C(O)C(=O)O. The molecule has 130 valence electrons. The van der Waals surface area contributed by atoms with Crippen LogP contribution in [0, 0.1) is 0 Å². The minimum absolute atomic E-state index is 0.274. The minimum Gasteiger partial charge on any atom is -0.473 e. The van der Waals surface area contributed by atoms with Gasteiger partial charge in [-0.3, -0.25) is 4.90 Å². The van der Waals surface area contributed by atoms with Crippen molar-refractivity contribution < 1.29 is 29.3 Å². The summed E-state index contributed by atoms with van der Waals surface area (Å²) in [6.45, 7) is 4.93. The third-order valence-corrected chi connectivity index (χ3v) is 3.66. The largest absolute Gasteiger partial charge is 0.473 e. The first-order valence-corrected chi connectivity index (χ1v) is 7.69. The monoisotopic (exact) mass is 346 g/mol. The zero-order valence-corrected chi connectivity index (χ0v) is 14.4. The number of carboxylic acids is 2. The molecule has 2 N–H and O–H groups in total. The lowest BCUT2D eigenvalue weighted by Gasteiger charge is -2.27. The zero-order chi connectivity index (χ0) is 18.0. The Kier molecular flexibility index (Phi) is 9.59. The minimum atomic E-state index is -1.82. The van der Waals surface area contributed by atoms with Crippen molar-refractivity contribution in [3.63, 3.8) is 0 Å². The van der Waals surface area contributed by atoms with Crippen LogP contribution in [0.2, 0.25) is 0 Å². The van der Waals surface area contributed by atoms with Gasteiger partial charge in [0.2, 0.25) is 0 Å². The lowest BCUT2D eigenvalue weighted by molar-refractivity contribution is -0.159. The van der Waals surface area contributed by atoms with Crippen molar-refractivity contribution in [1.82, 2.24) is 4.90 Å². The fraction of sp³-hybridized carbons (Fsp3) is 0.500. The molecule has 0 aliphatic carbocycles. The van der Waals surface area contributed by atoms with Crippen molar-refractivity contribution in [3.8, 4) is 0 Å². The number of likely N-dealkylation sites (N-methyl/N-ethyl adjacent to an activating group) is 1. The first kappa shape index (κ1) is 20.9. The average molecular weight is 346 g/mol. The molecule has 1 unspecified atom stereocenters. The van der Waals surface area contributed by atoms with E-state index >= 15 is 0 Å². The molecule has 1 amide bonds. The highest BCUT2D eigenvalue weighted by Gasteiger charge is 2.21. The topological polar surface area (TPSA) is 107 Å². The third-order valence-electron chi connectivity index (χ3n) is 2.77. The standard InChI is InChI=1S/C12H20N2O2S.C2H2O4/c1-5-16-12(15)14(9-10(2)13(3)4)11-7-6-8-17-11;3-1(4)2(5)6/h6-8,10H,5,9H2,1-4H3;(H,3,4)(H,5,6). The second-order valence-corrected chi connectivity index (χ2v) is 5.61. The number of carboxylic acid groups (broad SMARTS) is 2. The number of anilines is 1. The summed E-state index contributed by atoms with van der Waals surface area (Å²) >= 11 is 1.55. The predicted octanol–water partition coefficient (Wildman–Crippen LogP) is 1.82. The molecular weight excluding hydrogens is 324 g/mol. The Bertz CT molecular complexity index is 491. The van der Waals surface area contributed by atoms with E-state index in [1.165, 1.54) is 0 Å². The number of carbonyl (C=O) groups excluding carboxylic acids is 1. The number of rotatable bonds is 5. The second kappa shape index (κ2) is 10.6. The van der Waals surface area contributed by atoms with E-state index in [-0.39, 0.29) is 12.1 Å². The van der Waals surface area contributed by atoms with Gasteiger partial charge in [0, 0.05) is 12.6 Å². The van der Waals surface area contributed by atoms with Crippen molar-refractivity contribution in [2.75, 3.05) is 32.1 Å². The predicted molar refractivity (Wildman–Crippen MR) is 87.1 cm³/mol.